The Morgan fingerprint density at radius 3 is 2.52 bits per heavy atom. The van der Waals surface area contributed by atoms with E-state index >= 15 is 0 Å². The Bertz CT molecular complexity index is 577. The van der Waals surface area contributed by atoms with Crippen LogP contribution in [-0.4, -0.2) is 21.8 Å². The zero-order valence-corrected chi connectivity index (χ0v) is 13.2. The summed E-state index contributed by atoms with van der Waals surface area (Å²) < 4.78 is 6.24. The van der Waals surface area contributed by atoms with Crippen LogP contribution in [-0.2, 0) is 11.2 Å². The number of fused-ring (bicyclic) bond motifs is 1. The fraction of sp³-hybridized carbons (Fsp3) is 0.588. The highest BCUT2D eigenvalue weighted by Crippen LogP contribution is 2.44. The summed E-state index contributed by atoms with van der Waals surface area (Å²) in [6.07, 6.45) is 3.24. The molecule has 1 aromatic rings. The van der Waals surface area contributed by atoms with Crippen LogP contribution < -0.4 is 4.74 Å². The zero-order valence-electron chi connectivity index (χ0n) is 13.2. The lowest BCUT2D eigenvalue weighted by Crippen LogP contribution is -2.37. The quantitative estimate of drug-likeness (QED) is 0.888. The first-order valence-electron chi connectivity index (χ1n) is 7.47. The molecule has 1 aromatic carbocycles. The van der Waals surface area contributed by atoms with Gasteiger partial charge in [0.05, 0.1) is 0 Å². The van der Waals surface area contributed by atoms with E-state index in [1.807, 2.05) is 20.8 Å². The number of aromatic hydroxyl groups is 1. The van der Waals surface area contributed by atoms with Crippen molar-refractivity contribution in [2.45, 2.75) is 65.4 Å². The van der Waals surface area contributed by atoms with Gasteiger partial charge in [0, 0.05) is 12.0 Å². The van der Waals surface area contributed by atoms with E-state index in [9.17, 15) is 9.90 Å². The summed E-state index contributed by atoms with van der Waals surface area (Å²) in [4.78, 5) is 10.7. The van der Waals surface area contributed by atoms with Gasteiger partial charge >= 0.3 is 5.97 Å². The Labute approximate surface area is 125 Å². The van der Waals surface area contributed by atoms with Crippen molar-refractivity contribution in [1.29, 1.82) is 0 Å². The van der Waals surface area contributed by atoms with Crippen molar-refractivity contribution in [1.82, 2.24) is 0 Å². The second kappa shape index (κ2) is 5.58. The van der Waals surface area contributed by atoms with Gasteiger partial charge in [-0.25, -0.2) is 0 Å². The van der Waals surface area contributed by atoms with E-state index in [0.717, 1.165) is 47.3 Å². The smallest absolute Gasteiger partial charge is 0.303 e. The standard InChI is InChI=1S/C17H24O4/c1-10-11(2)16-13(12(3)15(10)20)7-9-17(4,21-16)8-5-6-14(18)19/h20H,5-9H2,1-4H3,(H,18,19). The molecule has 0 radical (unpaired) electrons. The molecule has 1 unspecified atom stereocenters. The summed E-state index contributed by atoms with van der Waals surface area (Å²) in [5, 5.41) is 18.9. The number of hydrogen-bond donors (Lipinski definition) is 2. The van der Waals surface area contributed by atoms with Crippen LogP contribution in [0.5, 0.6) is 11.5 Å². The van der Waals surface area contributed by atoms with Crippen LogP contribution in [0.3, 0.4) is 0 Å². The number of hydrogen-bond acceptors (Lipinski definition) is 3. The number of phenolic OH excluding ortho intramolecular Hbond substituents is 1. The Kier molecular flexibility index (Phi) is 4.17. The minimum absolute atomic E-state index is 0.179. The molecule has 2 N–H and O–H groups in total. The maximum Gasteiger partial charge on any atom is 0.303 e. The summed E-state index contributed by atoms with van der Waals surface area (Å²) in [6.45, 7) is 7.85. The number of benzene rings is 1. The van der Waals surface area contributed by atoms with Crippen molar-refractivity contribution in [2.75, 3.05) is 0 Å². The van der Waals surface area contributed by atoms with Crippen LogP contribution in [0, 0.1) is 20.8 Å². The normalized spacial score (nSPS) is 20.8. The number of carboxylic acids is 1. The number of phenols is 1. The lowest BCUT2D eigenvalue weighted by Gasteiger charge is -2.38. The van der Waals surface area contributed by atoms with E-state index in [0.29, 0.717) is 12.2 Å². The van der Waals surface area contributed by atoms with Crippen molar-refractivity contribution in [3.05, 3.63) is 22.3 Å². The van der Waals surface area contributed by atoms with E-state index in [4.69, 9.17) is 9.84 Å². The predicted octanol–water partition coefficient (Wildman–Crippen LogP) is 3.66. The van der Waals surface area contributed by atoms with Gasteiger partial charge in [0.25, 0.3) is 0 Å². The average molecular weight is 292 g/mol. The van der Waals surface area contributed by atoms with Crippen molar-refractivity contribution < 1.29 is 19.7 Å². The van der Waals surface area contributed by atoms with Gasteiger partial charge in [-0.15, -0.1) is 0 Å². The molecule has 0 aliphatic carbocycles. The maximum atomic E-state index is 10.7. The van der Waals surface area contributed by atoms with Gasteiger partial charge in [-0.05, 0) is 70.1 Å². The molecule has 0 saturated carbocycles. The summed E-state index contributed by atoms with van der Waals surface area (Å²) in [5.74, 6) is 0.485. The van der Waals surface area contributed by atoms with Gasteiger partial charge in [-0.1, -0.05) is 0 Å². The molecule has 1 heterocycles. The lowest BCUT2D eigenvalue weighted by atomic mass is 9.85. The minimum atomic E-state index is -0.761. The van der Waals surface area contributed by atoms with Crippen LogP contribution in [0.1, 0.15) is 54.9 Å². The van der Waals surface area contributed by atoms with Crippen LogP contribution in [0.15, 0.2) is 0 Å². The molecule has 0 amide bonds. The Morgan fingerprint density at radius 1 is 1.24 bits per heavy atom. The molecule has 21 heavy (non-hydrogen) atoms. The van der Waals surface area contributed by atoms with E-state index in [2.05, 4.69) is 6.92 Å². The maximum absolute atomic E-state index is 10.7. The number of aliphatic carboxylic acids is 1. The number of ether oxygens (including phenoxy) is 1. The van der Waals surface area contributed by atoms with Crippen LogP contribution in [0.25, 0.3) is 0 Å². The zero-order chi connectivity index (χ0) is 15.8. The monoisotopic (exact) mass is 292 g/mol. The summed E-state index contributed by atoms with van der Waals surface area (Å²) in [6, 6.07) is 0. The third-order valence-corrected chi connectivity index (χ3v) is 4.69. The highest BCUT2D eigenvalue weighted by Gasteiger charge is 2.34. The molecule has 1 atom stereocenters. The first-order chi connectivity index (χ1) is 9.75. The largest absolute Gasteiger partial charge is 0.507 e. The summed E-state index contributed by atoms with van der Waals surface area (Å²) in [5.41, 5.74) is 3.52. The minimum Gasteiger partial charge on any atom is -0.507 e. The second-order valence-corrected chi connectivity index (χ2v) is 6.33. The lowest BCUT2D eigenvalue weighted by molar-refractivity contribution is -0.137. The van der Waals surface area contributed by atoms with Gasteiger partial charge in [0.1, 0.15) is 17.1 Å². The topological polar surface area (TPSA) is 66.8 Å². The Morgan fingerprint density at radius 2 is 1.90 bits per heavy atom. The van der Waals surface area contributed by atoms with Crippen molar-refractivity contribution in [2.24, 2.45) is 0 Å². The van der Waals surface area contributed by atoms with Gasteiger partial charge in [0.2, 0.25) is 0 Å². The molecule has 2 rings (SSSR count). The SMILES string of the molecule is Cc1c(C)c2c(c(C)c1O)CCC(C)(CCCC(=O)O)O2. The molecule has 4 heteroatoms. The molecular formula is C17H24O4. The Balaban J connectivity index is 2.25. The molecule has 1 aliphatic rings. The van der Waals surface area contributed by atoms with Gasteiger partial charge in [-0.2, -0.15) is 0 Å². The highest BCUT2D eigenvalue weighted by atomic mass is 16.5. The van der Waals surface area contributed by atoms with Gasteiger partial charge < -0.3 is 14.9 Å². The van der Waals surface area contributed by atoms with Gasteiger partial charge in [-0.3, -0.25) is 4.79 Å². The first kappa shape index (κ1) is 15.7. The average Bonchev–Trinajstić information content (AvgIpc) is 2.42. The fourth-order valence-electron chi connectivity index (χ4n) is 3.08. The molecule has 0 spiro atoms. The Hall–Kier alpha value is -1.71. The van der Waals surface area contributed by atoms with Crippen LogP contribution in [0.4, 0.5) is 0 Å². The predicted molar refractivity (Wildman–Crippen MR) is 81.2 cm³/mol. The second-order valence-electron chi connectivity index (χ2n) is 6.33. The molecular weight excluding hydrogens is 268 g/mol. The number of carbonyl (C=O) groups is 1. The third-order valence-electron chi connectivity index (χ3n) is 4.69. The van der Waals surface area contributed by atoms with E-state index in [-0.39, 0.29) is 12.0 Å². The summed E-state index contributed by atoms with van der Waals surface area (Å²) >= 11 is 0. The highest BCUT2D eigenvalue weighted by molar-refractivity contribution is 5.66. The molecule has 116 valence electrons. The number of carboxylic acid groups (broad SMARTS) is 1. The van der Waals surface area contributed by atoms with Crippen molar-refractivity contribution in [3.8, 4) is 11.5 Å². The molecule has 0 saturated heterocycles. The van der Waals surface area contributed by atoms with E-state index in [1.54, 1.807) is 0 Å². The molecule has 0 fully saturated rings. The van der Waals surface area contributed by atoms with Gasteiger partial charge in [0.15, 0.2) is 0 Å². The molecule has 1 aliphatic heterocycles. The first-order valence-corrected chi connectivity index (χ1v) is 7.47. The molecule has 0 aromatic heterocycles. The summed E-state index contributed by atoms with van der Waals surface area (Å²) in [7, 11) is 0. The third kappa shape index (κ3) is 2.99. The van der Waals surface area contributed by atoms with Crippen molar-refractivity contribution in [3.63, 3.8) is 0 Å². The molecule has 4 nitrogen and oxygen atoms in total. The van der Waals surface area contributed by atoms with Crippen molar-refractivity contribution >= 4 is 5.97 Å². The fourth-order valence-corrected chi connectivity index (χ4v) is 3.08. The van der Waals surface area contributed by atoms with Crippen LogP contribution in [0.2, 0.25) is 0 Å². The van der Waals surface area contributed by atoms with E-state index in [1.165, 1.54) is 0 Å². The molecule has 0 bridgehead atoms. The number of rotatable bonds is 4. The van der Waals surface area contributed by atoms with E-state index < -0.39 is 5.97 Å². The van der Waals surface area contributed by atoms with Crippen LogP contribution >= 0.6 is 0 Å².